The van der Waals surface area contributed by atoms with E-state index in [2.05, 4.69) is 45.1 Å². The summed E-state index contributed by atoms with van der Waals surface area (Å²) in [5.41, 5.74) is 8.11. The highest BCUT2D eigenvalue weighted by atomic mass is 32.1. The molecule has 0 aliphatic carbocycles. The Bertz CT molecular complexity index is 1690. The minimum atomic E-state index is -0.971. The van der Waals surface area contributed by atoms with Gasteiger partial charge < -0.3 is 36.6 Å². The van der Waals surface area contributed by atoms with Crippen LogP contribution in [0.2, 0.25) is 0 Å². The van der Waals surface area contributed by atoms with Crippen LogP contribution in [0.5, 0.6) is 0 Å². The van der Waals surface area contributed by atoms with Crippen LogP contribution >= 0.6 is 22.7 Å². The van der Waals surface area contributed by atoms with Crippen LogP contribution in [0.3, 0.4) is 0 Å². The summed E-state index contributed by atoms with van der Waals surface area (Å²) in [6.45, 7) is 4.54. The number of carbonyl (C=O) groups is 4. The van der Waals surface area contributed by atoms with E-state index < -0.39 is 30.1 Å². The molecule has 0 saturated carbocycles. The molecule has 52 heavy (non-hydrogen) atoms. The first-order chi connectivity index (χ1) is 25.0. The third-order valence-electron chi connectivity index (χ3n) is 8.15. The number of benzene rings is 2. The van der Waals surface area contributed by atoms with Gasteiger partial charge in [-0.25, -0.2) is 24.4 Å². The van der Waals surface area contributed by atoms with Crippen molar-refractivity contribution in [2.24, 2.45) is 5.73 Å². The lowest BCUT2D eigenvalue weighted by molar-refractivity contribution is -0.123. The van der Waals surface area contributed by atoms with Gasteiger partial charge in [0.25, 0.3) is 0 Å². The zero-order valence-corrected chi connectivity index (χ0v) is 31.4. The number of nitrogens with zero attached hydrogens (tertiary/aromatic N) is 3. The average molecular weight is 749 g/mol. The molecule has 6 amide bonds. The van der Waals surface area contributed by atoms with E-state index in [-0.39, 0.29) is 44.1 Å². The Balaban J connectivity index is 1.46. The fourth-order valence-corrected chi connectivity index (χ4v) is 6.81. The summed E-state index contributed by atoms with van der Waals surface area (Å²) in [6, 6.07) is 16.8. The summed E-state index contributed by atoms with van der Waals surface area (Å²) in [5.74, 6) is -0.125. The molecule has 0 spiro atoms. The van der Waals surface area contributed by atoms with Crippen molar-refractivity contribution in [3.8, 4) is 0 Å². The lowest BCUT2D eigenvalue weighted by Gasteiger charge is -2.27. The summed E-state index contributed by atoms with van der Waals surface area (Å²) in [7, 11) is 1.64. The maximum atomic E-state index is 13.9. The monoisotopic (exact) mass is 748 g/mol. The summed E-state index contributed by atoms with van der Waals surface area (Å²) >= 11 is 2.95. The van der Waals surface area contributed by atoms with Gasteiger partial charge in [-0.15, -0.1) is 22.7 Å². The molecule has 0 aliphatic heterocycles. The molecule has 4 aromatic rings. The van der Waals surface area contributed by atoms with Crippen LogP contribution < -0.4 is 27.0 Å². The molecule has 0 saturated heterocycles. The number of nitrogens with one attached hydrogen (secondary N) is 4. The smallest absolute Gasteiger partial charge is 0.407 e. The van der Waals surface area contributed by atoms with Gasteiger partial charge in [-0.05, 0) is 43.2 Å². The molecular weight excluding hydrogens is 701 g/mol. The van der Waals surface area contributed by atoms with Gasteiger partial charge in [0.2, 0.25) is 5.91 Å². The number of carbonyl (C=O) groups excluding carboxylic acids is 4. The number of alkyl carbamates (subject to hydrolysis) is 1. The molecule has 0 bridgehead atoms. The van der Waals surface area contributed by atoms with Crippen molar-refractivity contribution < 1.29 is 23.9 Å². The maximum Gasteiger partial charge on any atom is 0.407 e. The topological polar surface area (TPSA) is 181 Å². The van der Waals surface area contributed by atoms with Gasteiger partial charge in [-0.3, -0.25) is 4.79 Å². The fraction of sp³-hybridized carbons (Fsp3) is 0.405. The Morgan fingerprint density at radius 1 is 0.865 bits per heavy atom. The largest absolute Gasteiger partial charge is 0.442 e. The van der Waals surface area contributed by atoms with Crippen molar-refractivity contribution in [3.63, 3.8) is 0 Å². The Morgan fingerprint density at radius 3 is 2.06 bits per heavy atom. The molecule has 13 nitrogen and oxygen atoms in total. The molecule has 0 radical (unpaired) electrons. The van der Waals surface area contributed by atoms with E-state index in [4.69, 9.17) is 10.5 Å². The van der Waals surface area contributed by atoms with Crippen molar-refractivity contribution in [2.45, 2.75) is 83.1 Å². The number of ether oxygens (including phenoxy) is 1. The number of urea groups is 2. The Kier molecular flexibility index (Phi) is 15.9. The van der Waals surface area contributed by atoms with Crippen molar-refractivity contribution in [3.05, 3.63) is 104 Å². The highest BCUT2D eigenvalue weighted by molar-refractivity contribution is 7.09. The molecule has 2 aromatic carbocycles. The fourth-order valence-electron chi connectivity index (χ4n) is 5.45. The number of aromatic nitrogens is 2. The third-order valence-corrected chi connectivity index (χ3v) is 10.1. The first-order valence-corrected chi connectivity index (χ1v) is 19.0. The molecule has 2 aromatic heterocycles. The zero-order chi connectivity index (χ0) is 37.3. The van der Waals surface area contributed by atoms with Crippen molar-refractivity contribution in [1.29, 1.82) is 0 Å². The van der Waals surface area contributed by atoms with Crippen LogP contribution in [0.15, 0.2) is 77.6 Å². The second-order valence-corrected chi connectivity index (χ2v) is 14.6. The van der Waals surface area contributed by atoms with Crippen LogP contribution in [0.1, 0.15) is 65.9 Å². The van der Waals surface area contributed by atoms with Gasteiger partial charge in [-0.1, -0.05) is 74.5 Å². The molecule has 6 N–H and O–H groups in total. The van der Waals surface area contributed by atoms with Crippen LogP contribution in [0.25, 0.3) is 0 Å². The first-order valence-electron chi connectivity index (χ1n) is 17.2. The lowest BCUT2D eigenvalue weighted by Crippen LogP contribution is -2.53. The van der Waals surface area contributed by atoms with Crippen LogP contribution in [-0.2, 0) is 35.5 Å². The van der Waals surface area contributed by atoms with Gasteiger partial charge >= 0.3 is 18.2 Å². The van der Waals surface area contributed by atoms with Crippen molar-refractivity contribution in [1.82, 2.24) is 36.1 Å². The van der Waals surface area contributed by atoms with E-state index in [9.17, 15) is 19.2 Å². The Hall–Kier alpha value is -5.02. The summed E-state index contributed by atoms with van der Waals surface area (Å²) in [6.07, 6.45) is 3.33. The molecule has 0 unspecified atom stereocenters. The molecule has 2 heterocycles. The average Bonchev–Trinajstić information content (AvgIpc) is 3.83. The minimum absolute atomic E-state index is 0.0733. The van der Waals surface area contributed by atoms with Crippen LogP contribution in [-0.4, -0.2) is 70.6 Å². The van der Waals surface area contributed by atoms with E-state index in [0.717, 1.165) is 21.8 Å². The van der Waals surface area contributed by atoms with Crippen molar-refractivity contribution in [2.75, 3.05) is 13.6 Å². The number of amides is 6. The number of nitrogens with two attached hydrogens (primary N) is 1. The summed E-state index contributed by atoms with van der Waals surface area (Å²) in [4.78, 5) is 61.8. The molecular formula is C37H48N8O5S2. The predicted molar refractivity (Wildman–Crippen MR) is 203 cm³/mol. The van der Waals surface area contributed by atoms with E-state index >= 15 is 0 Å². The standard InChI is InChI=1S/C37H48N8O5S2/c1-25(2)34-42-30(24-52-34)22-45(3)36(48)44-31(16-17-40-35(38)47)33(46)41-28(20-26-10-6-4-7-11-26)14-15-29(21-27-12-8-5-9-13-27)43-37(49)50-23-32-39-18-19-51-32/h4-13,18-19,24-25,28-29,31H,14-17,20-23H2,1-3H3,(H,41,46)(H,43,49)(H,44,48)(H3,38,40,47)/t28-,29-,31+/m1/s1. The van der Waals surface area contributed by atoms with Gasteiger partial charge in [0.15, 0.2) is 0 Å². The molecule has 15 heteroatoms. The maximum absolute atomic E-state index is 13.9. The van der Waals surface area contributed by atoms with E-state index in [0.29, 0.717) is 30.7 Å². The SMILES string of the molecule is CC(C)c1nc(CN(C)C(=O)N[C@@H](CCNC(N)=O)C(=O)N[C@H](CC[C@H](Cc2ccccc2)NC(=O)OCc2nccs2)Cc2ccccc2)cs1. The van der Waals surface area contributed by atoms with Gasteiger partial charge in [0.1, 0.15) is 17.7 Å². The van der Waals surface area contributed by atoms with Gasteiger partial charge in [0.05, 0.1) is 17.2 Å². The normalized spacial score (nSPS) is 12.7. The highest BCUT2D eigenvalue weighted by Gasteiger charge is 2.26. The number of hydrogen-bond acceptors (Lipinski definition) is 9. The van der Waals surface area contributed by atoms with E-state index in [1.54, 1.807) is 24.6 Å². The quantitative estimate of drug-likeness (QED) is 0.0859. The van der Waals surface area contributed by atoms with E-state index in [1.165, 1.54) is 16.2 Å². The molecule has 278 valence electrons. The summed E-state index contributed by atoms with van der Waals surface area (Å²) < 4.78 is 5.45. The molecule has 4 rings (SSSR count). The van der Waals surface area contributed by atoms with E-state index in [1.807, 2.05) is 71.4 Å². The number of thiazole rings is 2. The zero-order valence-electron chi connectivity index (χ0n) is 29.7. The molecule has 0 fully saturated rings. The summed E-state index contributed by atoms with van der Waals surface area (Å²) in [5, 5.41) is 16.9. The highest BCUT2D eigenvalue weighted by Crippen LogP contribution is 2.20. The first kappa shape index (κ1) is 39.8. The molecule has 0 aliphatic rings. The lowest BCUT2D eigenvalue weighted by atomic mass is 9.95. The van der Waals surface area contributed by atoms with Gasteiger partial charge in [-0.2, -0.15) is 0 Å². The Labute approximate surface area is 312 Å². The predicted octanol–water partition coefficient (Wildman–Crippen LogP) is 5.34. The van der Waals surface area contributed by atoms with Gasteiger partial charge in [0, 0.05) is 48.6 Å². The Morgan fingerprint density at radius 2 is 1.50 bits per heavy atom. The number of hydrogen-bond donors (Lipinski definition) is 5. The minimum Gasteiger partial charge on any atom is -0.442 e. The second kappa shape index (κ2) is 20.7. The van der Waals surface area contributed by atoms with Crippen LogP contribution in [0, 0.1) is 0 Å². The number of rotatable bonds is 19. The third kappa shape index (κ3) is 13.9. The van der Waals surface area contributed by atoms with Crippen molar-refractivity contribution >= 4 is 46.7 Å². The molecule has 3 atom stereocenters. The second-order valence-electron chi connectivity index (χ2n) is 12.8. The van der Waals surface area contributed by atoms with Crippen LogP contribution in [0.4, 0.5) is 14.4 Å². The number of primary amides is 1.